The number of nitrogens with one attached hydrogen (secondary N) is 1. The number of nitrogens with zero attached hydrogens (tertiary/aromatic N) is 2. The van der Waals surface area contributed by atoms with Crippen molar-refractivity contribution in [1.82, 2.24) is 4.90 Å². The second kappa shape index (κ2) is 6.96. The molecule has 1 saturated heterocycles. The van der Waals surface area contributed by atoms with Crippen molar-refractivity contribution in [1.29, 1.82) is 5.26 Å². The third kappa shape index (κ3) is 5.09. The van der Waals surface area contributed by atoms with Crippen molar-refractivity contribution in [3.63, 3.8) is 0 Å². The molecule has 0 spiro atoms. The van der Waals surface area contributed by atoms with Crippen LogP contribution in [-0.4, -0.2) is 45.7 Å². The van der Waals surface area contributed by atoms with Gasteiger partial charge in [0, 0.05) is 13.1 Å². The monoisotopic (exact) mass is 362 g/mol. The van der Waals surface area contributed by atoms with Gasteiger partial charge in [-0.2, -0.15) is 18.4 Å². The van der Waals surface area contributed by atoms with E-state index in [2.05, 4.69) is 5.32 Å². The second-order valence-corrected chi connectivity index (χ2v) is 7.31. The average Bonchev–Trinajstić information content (AvgIpc) is 2.89. The summed E-state index contributed by atoms with van der Waals surface area (Å²) in [6.45, 7) is 0.179. The molecule has 0 bridgehead atoms. The van der Waals surface area contributed by atoms with Crippen LogP contribution in [0.3, 0.4) is 0 Å². The molecule has 3 N–H and O–H groups in total. The SMILES string of the molecule is N#Cc1cc(S(N)(=O)=O)ccc1NCC1CCN(CC(F)(F)F)C1. The molecular weight excluding hydrogens is 345 g/mol. The van der Waals surface area contributed by atoms with Crippen LogP contribution in [-0.2, 0) is 10.0 Å². The molecule has 0 saturated carbocycles. The van der Waals surface area contributed by atoms with E-state index in [1.165, 1.54) is 23.1 Å². The first kappa shape index (κ1) is 18.5. The fourth-order valence-corrected chi connectivity index (χ4v) is 3.22. The molecule has 1 atom stereocenters. The zero-order valence-corrected chi connectivity index (χ0v) is 13.5. The molecular formula is C14H17F3N4O2S. The normalized spacial score (nSPS) is 19.2. The van der Waals surface area contributed by atoms with E-state index in [0.29, 0.717) is 31.7 Å². The molecule has 1 unspecified atom stereocenters. The minimum Gasteiger partial charge on any atom is -0.384 e. The number of alkyl halides is 3. The maximum absolute atomic E-state index is 12.4. The van der Waals surface area contributed by atoms with Gasteiger partial charge in [0.05, 0.1) is 22.7 Å². The lowest BCUT2D eigenvalue weighted by molar-refractivity contribution is -0.143. The maximum Gasteiger partial charge on any atom is 0.401 e. The molecule has 132 valence electrons. The van der Waals surface area contributed by atoms with E-state index < -0.39 is 22.7 Å². The number of primary sulfonamides is 1. The van der Waals surface area contributed by atoms with Crippen molar-refractivity contribution in [3.8, 4) is 6.07 Å². The fraction of sp³-hybridized carbons (Fsp3) is 0.500. The van der Waals surface area contributed by atoms with Gasteiger partial charge in [0.1, 0.15) is 6.07 Å². The summed E-state index contributed by atoms with van der Waals surface area (Å²) >= 11 is 0. The van der Waals surface area contributed by atoms with Gasteiger partial charge in [-0.1, -0.05) is 0 Å². The molecule has 6 nitrogen and oxygen atoms in total. The molecule has 0 amide bonds. The van der Waals surface area contributed by atoms with Crippen LogP contribution in [0.4, 0.5) is 18.9 Å². The number of nitrogens with two attached hydrogens (primary N) is 1. The van der Waals surface area contributed by atoms with Crippen LogP contribution in [0.5, 0.6) is 0 Å². The van der Waals surface area contributed by atoms with Crippen molar-refractivity contribution < 1.29 is 21.6 Å². The summed E-state index contributed by atoms with van der Waals surface area (Å²) in [5, 5.41) is 17.1. The van der Waals surface area contributed by atoms with Crippen LogP contribution in [0.25, 0.3) is 0 Å². The van der Waals surface area contributed by atoms with Gasteiger partial charge in [-0.15, -0.1) is 0 Å². The van der Waals surface area contributed by atoms with E-state index in [0.717, 1.165) is 0 Å². The van der Waals surface area contributed by atoms with E-state index in [4.69, 9.17) is 10.4 Å². The quantitative estimate of drug-likeness (QED) is 0.827. The number of likely N-dealkylation sites (tertiary alicyclic amines) is 1. The predicted octanol–water partition coefficient (Wildman–Crippen LogP) is 1.50. The molecule has 1 heterocycles. The Bertz CT molecular complexity index is 743. The third-order valence-electron chi connectivity index (χ3n) is 3.79. The smallest absolute Gasteiger partial charge is 0.384 e. The van der Waals surface area contributed by atoms with Crippen molar-refractivity contribution in [2.45, 2.75) is 17.5 Å². The Morgan fingerprint density at radius 2 is 2.12 bits per heavy atom. The molecule has 1 aromatic rings. The van der Waals surface area contributed by atoms with Crippen LogP contribution in [0.1, 0.15) is 12.0 Å². The Labute approximate surface area is 138 Å². The topological polar surface area (TPSA) is 99.2 Å². The molecule has 1 aliphatic heterocycles. The van der Waals surface area contributed by atoms with Crippen LogP contribution < -0.4 is 10.5 Å². The van der Waals surface area contributed by atoms with E-state index in [9.17, 15) is 21.6 Å². The van der Waals surface area contributed by atoms with E-state index in [1.54, 1.807) is 0 Å². The lowest BCUT2D eigenvalue weighted by Gasteiger charge is -2.18. The minimum absolute atomic E-state index is 0.0248. The highest BCUT2D eigenvalue weighted by molar-refractivity contribution is 7.89. The number of nitriles is 1. The molecule has 1 aromatic carbocycles. The summed E-state index contributed by atoms with van der Waals surface area (Å²) in [6, 6.07) is 5.76. The van der Waals surface area contributed by atoms with Gasteiger partial charge in [0.25, 0.3) is 0 Å². The third-order valence-corrected chi connectivity index (χ3v) is 4.71. The molecule has 1 aliphatic rings. The fourth-order valence-electron chi connectivity index (χ4n) is 2.68. The highest BCUT2D eigenvalue weighted by Crippen LogP contribution is 2.24. The Balaban J connectivity index is 1.97. The zero-order chi connectivity index (χ0) is 18.0. The zero-order valence-electron chi connectivity index (χ0n) is 12.7. The lowest BCUT2D eigenvalue weighted by Crippen LogP contribution is -2.33. The first-order valence-electron chi connectivity index (χ1n) is 7.18. The molecule has 1 fully saturated rings. The minimum atomic E-state index is -4.21. The molecule has 2 rings (SSSR count). The summed E-state index contributed by atoms with van der Waals surface area (Å²) in [4.78, 5) is 1.18. The van der Waals surface area contributed by atoms with Crippen LogP contribution in [0.15, 0.2) is 23.1 Å². The summed E-state index contributed by atoms with van der Waals surface area (Å²) in [5.74, 6) is 0.0248. The summed E-state index contributed by atoms with van der Waals surface area (Å²) in [5.41, 5.74) is 0.547. The van der Waals surface area contributed by atoms with Gasteiger partial charge >= 0.3 is 6.18 Å². The van der Waals surface area contributed by atoms with E-state index in [1.807, 2.05) is 6.07 Å². The van der Waals surface area contributed by atoms with Crippen molar-refractivity contribution >= 4 is 15.7 Å². The number of hydrogen-bond acceptors (Lipinski definition) is 5. The summed E-state index contributed by atoms with van der Waals surface area (Å²) < 4.78 is 59.7. The highest BCUT2D eigenvalue weighted by atomic mass is 32.2. The molecule has 0 aromatic heterocycles. The van der Waals surface area contributed by atoms with E-state index >= 15 is 0 Å². The Morgan fingerprint density at radius 3 is 2.71 bits per heavy atom. The van der Waals surface area contributed by atoms with Gasteiger partial charge in [0.2, 0.25) is 10.0 Å². The first-order valence-corrected chi connectivity index (χ1v) is 8.73. The standard InChI is InChI=1S/C14H17F3N4O2S/c15-14(16,17)9-21-4-3-10(8-21)7-20-13-2-1-12(24(19,22)23)5-11(13)6-18/h1-2,5,10,20H,3-4,7-9H2,(H2,19,22,23). The molecule has 24 heavy (non-hydrogen) atoms. The number of halogens is 3. The number of hydrogen-bond donors (Lipinski definition) is 2. The average molecular weight is 362 g/mol. The van der Waals surface area contributed by atoms with Crippen molar-refractivity contribution in [2.75, 3.05) is 31.5 Å². The van der Waals surface area contributed by atoms with Crippen LogP contribution >= 0.6 is 0 Å². The second-order valence-electron chi connectivity index (χ2n) is 5.75. The first-order chi connectivity index (χ1) is 11.1. The van der Waals surface area contributed by atoms with Crippen LogP contribution in [0.2, 0.25) is 0 Å². The summed E-state index contributed by atoms with van der Waals surface area (Å²) in [7, 11) is -3.90. The molecule has 10 heteroatoms. The number of sulfonamides is 1. The van der Waals surface area contributed by atoms with Crippen LogP contribution in [0, 0.1) is 17.2 Å². The lowest BCUT2D eigenvalue weighted by atomic mass is 10.1. The Hall–Kier alpha value is -1.83. The predicted molar refractivity (Wildman–Crippen MR) is 81.6 cm³/mol. The molecule has 0 radical (unpaired) electrons. The Morgan fingerprint density at radius 1 is 1.42 bits per heavy atom. The number of anilines is 1. The summed E-state index contributed by atoms with van der Waals surface area (Å²) in [6.07, 6.45) is -3.58. The van der Waals surface area contributed by atoms with Crippen molar-refractivity contribution in [2.24, 2.45) is 11.1 Å². The number of benzene rings is 1. The van der Waals surface area contributed by atoms with Gasteiger partial charge in [-0.3, -0.25) is 4.90 Å². The van der Waals surface area contributed by atoms with Gasteiger partial charge in [-0.05, 0) is 37.1 Å². The van der Waals surface area contributed by atoms with Gasteiger partial charge in [0.15, 0.2) is 0 Å². The Kier molecular flexibility index (Phi) is 5.37. The van der Waals surface area contributed by atoms with Gasteiger partial charge < -0.3 is 5.32 Å². The molecule has 0 aliphatic carbocycles. The maximum atomic E-state index is 12.4. The van der Waals surface area contributed by atoms with Gasteiger partial charge in [-0.25, -0.2) is 13.6 Å². The van der Waals surface area contributed by atoms with Crippen molar-refractivity contribution in [3.05, 3.63) is 23.8 Å². The number of rotatable bonds is 5. The van der Waals surface area contributed by atoms with E-state index in [-0.39, 0.29) is 16.4 Å². The largest absolute Gasteiger partial charge is 0.401 e. The highest BCUT2D eigenvalue weighted by Gasteiger charge is 2.34.